The number of nitrogens with zero attached hydrogens (tertiary/aromatic N) is 2. The van der Waals surface area contributed by atoms with E-state index in [4.69, 9.17) is 4.74 Å². The summed E-state index contributed by atoms with van der Waals surface area (Å²) >= 11 is 0. The van der Waals surface area contributed by atoms with Gasteiger partial charge in [0.2, 0.25) is 0 Å². The van der Waals surface area contributed by atoms with Crippen LogP contribution >= 0.6 is 0 Å². The molecule has 0 saturated carbocycles. The Hall–Kier alpha value is -1.62. The molecule has 1 N–H and O–H groups in total. The first-order valence-corrected chi connectivity index (χ1v) is 7.58. The van der Waals surface area contributed by atoms with E-state index in [-0.39, 0.29) is 11.9 Å². The van der Waals surface area contributed by atoms with Crippen molar-refractivity contribution in [1.29, 1.82) is 0 Å². The zero-order valence-corrected chi connectivity index (χ0v) is 13.0. The molecule has 0 amide bonds. The van der Waals surface area contributed by atoms with E-state index in [0.717, 1.165) is 31.7 Å². The predicted molar refractivity (Wildman–Crippen MR) is 81.4 cm³/mol. The maximum Gasteiger partial charge on any atom is 0.339 e. The van der Waals surface area contributed by atoms with E-state index in [0.29, 0.717) is 12.2 Å². The van der Waals surface area contributed by atoms with Crippen molar-refractivity contribution in [3.05, 3.63) is 23.9 Å². The Morgan fingerprint density at radius 2 is 2.29 bits per heavy atom. The van der Waals surface area contributed by atoms with Gasteiger partial charge in [0.15, 0.2) is 0 Å². The molecule has 1 fully saturated rings. The van der Waals surface area contributed by atoms with Gasteiger partial charge < -0.3 is 14.7 Å². The third-order valence-corrected chi connectivity index (χ3v) is 4.28. The van der Waals surface area contributed by atoms with Crippen LogP contribution in [-0.4, -0.2) is 41.4 Å². The van der Waals surface area contributed by atoms with Crippen molar-refractivity contribution >= 4 is 11.8 Å². The molecule has 1 aromatic rings. The monoisotopic (exact) mass is 292 g/mol. The van der Waals surface area contributed by atoms with Gasteiger partial charge >= 0.3 is 5.97 Å². The maximum absolute atomic E-state index is 11.6. The highest BCUT2D eigenvalue weighted by Gasteiger charge is 2.36. The highest BCUT2D eigenvalue weighted by molar-refractivity contribution is 5.89. The minimum absolute atomic E-state index is 0.234. The number of carbonyl (C=O) groups is 1. The summed E-state index contributed by atoms with van der Waals surface area (Å²) in [7, 11) is 0. The van der Waals surface area contributed by atoms with Crippen LogP contribution in [0.3, 0.4) is 0 Å². The summed E-state index contributed by atoms with van der Waals surface area (Å²) in [5.41, 5.74) is -0.132. The zero-order valence-electron chi connectivity index (χ0n) is 13.0. The fraction of sp³-hybridized carbons (Fsp3) is 0.625. The lowest BCUT2D eigenvalue weighted by atomic mass is 9.81. The van der Waals surface area contributed by atoms with Gasteiger partial charge in [0.25, 0.3) is 0 Å². The van der Waals surface area contributed by atoms with E-state index < -0.39 is 5.60 Å². The Morgan fingerprint density at radius 1 is 1.52 bits per heavy atom. The van der Waals surface area contributed by atoms with Crippen LogP contribution in [0.5, 0.6) is 0 Å². The number of carbonyl (C=O) groups excluding carboxylic acids is 1. The number of rotatable bonds is 4. The van der Waals surface area contributed by atoms with E-state index in [1.54, 1.807) is 19.2 Å². The molecule has 21 heavy (non-hydrogen) atoms. The molecule has 2 atom stereocenters. The number of aliphatic hydroxyl groups is 1. The van der Waals surface area contributed by atoms with Gasteiger partial charge in [-0.2, -0.15) is 0 Å². The van der Waals surface area contributed by atoms with Crippen LogP contribution in [0.1, 0.15) is 44.0 Å². The van der Waals surface area contributed by atoms with Gasteiger partial charge in [0.1, 0.15) is 5.82 Å². The molecule has 1 aromatic heterocycles. The van der Waals surface area contributed by atoms with E-state index in [9.17, 15) is 9.90 Å². The quantitative estimate of drug-likeness (QED) is 0.862. The summed E-state index contributed by atoms with van der Waals surface area (Å²) in [5, 5.41) is 10.4. The Kier molecular flexibility index (Phi) is 4.83. The van der Waals surface area contributed by atoms with E-state index in [1.807, 2.05) is 13.0 Å². The first-order valence-electron chi connectivity index (χ1n) is 7.58. The van der Waals surface area contributed by atoms with Crippen LogP contribution in [0, 0.1) is 5.92 Å². The molecule has 2 heterocycles. The molecule has 0 aromatic carbocycles. The van der Waals surface area contributed by atoms with Gasteiger partial charge in [-0.1, -0.05) is 6.92 Å². The lowest BCUT2D eigenvalue weighted by molar-refractivity contribution is -0.0183. The average molecular weight is 292 g/mol. The summed E-state index contributed by atoms with van der Waals surface area (Å²) < 4.78 is 4.95. The maximum atomic E-state index is 11.6. The fourth-order valence-corrected chi connectivity index (χ4v) is 2.80. The molecule has 116 valence electrons. The number of piperidine rings is 1. The lowest BCUT2D eigenvalue weighted by Gasteiger charge is -2.43. The molecule has 0 spiro atoms. The summed E-state index contributed by atoms with van der Waals surface area (Å²) in [6, 6.07) is 3.59. The van der Waals surface area contributed by atoms with Crippen molar-refractivity contribution in [3.8, 4) is 0 Å². The second-order valence-electron chi connectivity index (χ2n) is 5.78. The van der Waals surface area contributed by atoms with Crippen molar-refractivity contribution < 1.29 is 14.6 Å². The summed E-state index contributed by atoms with van der Waals surface area (Å²) in [6.07, 6.45) is 3.22. The van der Waals surface area contributed by atoms with Crippen LogP contribution < -0.4 is 4.90 Å². The van der Waals surface area contributed by atoms with Crippen molar-refractivity contribution in [3.63, 3.8) is 0 Å². The van der Waals surface area contributed by atoms with Gasteiger partial charge in [-0.25, -0.2) is 9.78 Å². The second kappa shape index (κ2) is 6.43. The topological polar surface area (TPSA) is 62.7 Å². The molecule has 2 rings (SSSR count). The Labute approximate surface area is 125 Å². The summed E-state index contributed by atoms with van der Waals surface area (Å²) in [5.74, 6) is 0.736. The van der Waals surface area contributed by atoms with Crippen molar-refractivity contribution in [2.75, 3.05) is 24.6 Å². The van der Waals surface area contributed by atoms with Crippen LogP contribution in [-0.2, 0) is 4.74 Å². The highest BCUT2D eigenvalue weighted by Crippen LogP contribution is 2.31. The summed E-state index contributed by atoms with van der Waals surface area (Å²) in [6.45, 7) is 7.71. The van der Waals surface area contributed by atoms with Crippen molar-refractivity contribution in [2.45, 2.75) is 39.2 Å². The van der Waals surface area contributed by atoms with E-state index in [2.05, 4.69) is 16.8 Å². The molecule has 0 radical (unpaired) electrons. The highest BCUT2D eigenvalue weighted by atomic mass is 16.5. The van der Waals surface area contributed by atoms with E-state index in [1.165, 1.54) is 0 Å². The first-order chi connectivity index (χ1) is 9.97. The molecular formula is C16H24N2O3. The minimum atomic E-state index is -0.601. The first kappa shape index (κ1) is 15.8. The van der Waals surface area contributed by atoms with Gasteiger partial charge in [-0.15, -0.1) is 0 Å². The lowest BCUT2D eigenvalue weighted by Crippen LogP contribution is -2.50. The SMILES string of the molecule is CCOC(=O)c1ccc(N2CC[C@@](C)(O)[C@@H](CC)C2)nc1. The Morgan fingerprint density at radius 3 is 2.86 bits per heavy atom. The van der Waals surface area contributed by atoms with Gasteiger partial charge in [-0.05, 0) is 38.8 Å². The number of anilines is 1. The van der Waals surface area contributed by atoms with Crippen molar-refractivity contribution in [1.82, 2.24) is 4.98 Å². The molecule has 5 nitrogen and oxygen atoms in total. The predicted octanol–water partition coefficient (Wildman–Crippen LogP) is 2.25. The minimum Gasteiger partial charge on any atom is -0.462 e. The number of esters is 1. The molecule has 1 saturated heterocycles. The van der Waals surface area contributed by atoms with Crippen LogP contribution in [0.25, 0.3) is 0 Å². The normalized spacial score (nSPS) is 25.7. The summed E-state index contributed by atoms with van der Waals surface area (Å²) in [4.78, 5) is 18.1. The van der Waals surface area contributed by atoms with Gasteiger partial charge in [0, 0.05) is 25.2 Å². The van der Waals surface area contributed by atoms with Gasteiger partial charge in [-0.3, -0.25) is 0 Å². The third-order valence-electron chi connectivity index (χ3n) is 4.28. The third kappa shape index (κ3) is 3.53. The van der Waals surface area contributed by atoms with Crippen LogP contribution in [0.2, 0.25) is 0 Å². The standard InChI is InChI=1S/C16H24N2O3/c1-4-13-11-18(9-8-16(13,3)20)14-7-6-12(10-17-14)15(19)21-5-2/h6-7,10,13,20H,4-5,8-9,11H2,1-3H3/t13-,16+/m0/s1. The van der Waals surface area contributed by atoms with Crippen LogP contribution in [0.4, 0.5) is 5.82 Å². The number of hydrogen-bond donors (Lipinski definition) is 1. The second-order valence-corrected chi connectivity index (χ2v) is 5.78. The molecule has 1 aliphatic rings. The van der Waals surface area contributed by atoms with Crippen molar-refractivity contribution in [2.24, 2.45) is 5.92 Å². The number of pyridine rings is 1. The zero-order chi connectivity index (χ0) is 15.5. The van der Waals surface area contributed by atoms with E-state index >= 15 is 0 Å². The molecule has 0 bridgehead atoms. The molecule has 1 aliphatic heterocycles. The number of aromatic nitrogens is 1. The van der Waals surface area contributed by atoms with Crippen LogP contribution in [0.15, 0.2) is 18.3 Å². The number of hydrogen-bond acceptors (Lipinski definition) is 5. The molecular weight excluding hydrogens is 268 g/mol. The largest absolute Gasteiger partial charge is 0.462 e. The molecule has 0 aliphatic carbocycles. The fourth-order valence-electron chi connectivity index (χ4n) is 2.80. The number of ether oxygens (including phenoxy) is 1. The Bertz CT molecular complexity index is 485. The smallest absolute Gasteiger partial charge is 0.339 e. The average Bonchev–Trinajstić information content (AvgIpc) is 2.47. The van der Waals surface area contributed by atoms with Gasteiger partial charge in [0.05, 0.1) is 17.8 Å². The molecule has 0 unspecified atom stereocenters. The Balaban J connectivity index is 2.07. The molecule has 5 heteroatoms.